The highest BCUT2D eigenvalue weighted by molar-refractivity contribution is 5.84. The fraction of sp³-hybridized carbons (Fsp3) is 0.545. The maximum absolute atomic E-state index is 12.7. The molecule has 2 aromatic rings. The molecule has 152 valence electrons. The number of carbonyl (C=O) groups is 2. The van der Waals surface area contributed by atoms with Crippen molar-refractivity contribution in [2.75, 3.05) is 45.8 Å². The van der Waals surface area contributed by atoms with Crippen LogP contribution in [0.4, 0.5) is 0 Å². The standard InChI is InChI=1S/C22H32N4O2/c1-3-25(4-2)22(28)17-24-12-7-13-26(15-14-24)21(27)11-10-18-16-23-20-9-6-5-8-19(18)20/h5-6,8-9,16,23H,3-4,7,10-15,17H2,1-2H3. The van der Waals surface area contributed by atoms with E-state index in [4.69, 9.17) is 0 Å². The quantitative estimate of drug-likeness (QED) is 0.798. The number of rotatable bonds is 7. The van der Waals surface area contributed by atoms with Gasteiger partial charge >= 0.3 is 0 Å². The molecule has 1 saturated heterocycles. The first-order valence-electron chi connectivity index (χ1n) is 10.4. The number of aromatic amines is 1. The third-order valence-electron chi connectivity index (χ3n) is 5.70. The number of hydrogen-bond donors (Lipinski definition) is 1. The Hall–Kier alpha value is -2.34. The van der Waals surface area contributed by atoms with Gasteiger partial charge in [-0.2, -0.15) is 0 Å². The Morgan fingerprint density at radius 1 is 1.07 bits per heavy atom. The molecule has 1 aromatic heterocycles. The van der Waals surface area contributed by atoms with Crippen LogP contribution in [-0.2, 0) is 16.0 Å². The van der Waals surface area contributed by atoms with E-state index in [9.17, 15) is 9.59 Å². The van der Waals surface area contributed by atoms with Crippen molar-refractivity contribution in [1.29, 1.82) is 0 Å². The minimum absolute atomic E-state index is 0.184. The highest BCUT2D eigenvalue weighted by atomic mass is 16.2. The number of carbonyl (C=O) groups excluding carboxylic acids is 2. The predicted molar refractivity (Wildman–Crippen MR) is 112 cm³/mol. The highest BCUT2D eigenvalue weighted by Gasteiger charge is 2.21. The van der Waals surface area contributed by atoms with Gasteiger partial charge in [-0.05, 0) is 38.3 Å². The first-order valence-corrected chi connectivity index (χ1v) is 10.4. The second kappa shape index (κ2) is 9.73. The molecule has 1 fully saturated rings. The predicted octanol–water partition coefficient (Wildman–Crippen LogP) is 2.50. The van der Waals surface area contributed by atoms with Crippen molar-refractivity contribution in [3.63, 3.8) is 0 Å². The Balaban J connectivity index is 1.49. The van der Waals surface area contributed by atoms with E-state index in [-0.39, 0.29) is 11.8 Å². The van der Waals surface area contributed by atoms with Gasteiger partial charge in [0.2, 0.25) is 11.8 Å². The summed E-state index contributed by atoms with van der Waals surface area (Å²) in [7, 11) is 0. The highest BCUT2D eigenvalue weighted by Crippen LogP contribution is 2.19. The summed E-state index contributed by atoms with van der Waals surface area (Å²) in [5.74, 6) is 0.395. The number of likely N-dealkylation sites (N-methyl/N-ethyl adjacent to an activating group) is 1. The molecule has 6 nitrogen and oxygen atoms in total. The van der Waals surface area contributed by atoms with E-state index < -0.39 is 0 Å². The summed E-state index contributed by atoms with van der Waals surface area (Å²) in [6.45, 7) is 9.12. The number of benzene rings is 1. The molecular weight excluding hydrogens is 352 g/mol. The average Bonchev–Trinajstić information content (AvgIpc) is 2.97. The largest absolute Gasteiger partial charge is 0.361 e. The minimum atomic E-state index is 0.184. The van der Waals surface area contributed by atoms with Gasteiger partial charge in [0.1, 0.15) is 0 Å². The molecule has 0 saturated carbocycles. The van der Waals surface area contributed by atoms with E-state index in [0.29, 0.717) is 19.5 Å². The van der Waals surface area contributed by atoms with Crippen molar-refractivity contribution >= 4 is 22.7 Å². The topological polar surface area (TPSA) is 59.7 Å². The van der Waals surface area contributed by atoms with Gasteiger partial charge < -0.3 is 14.8 Å². The van der Waals surface area contributed by atoms with Crippen LogP contribution >= 0.6 is 0 Å². The molecule has 0 bridgehead atoms. The van der Waals surface area contributed by atoms with Gasteiger partial charge in [0, 0.05) is 62.8 Å². The number of aromatic nitrogens is 1. The van der Waals surface area contributed by atoms with Gasteiger partial charge in [-0.25, -0.2) is 0 Å². The monoisotopic (exact) mass is 384 g/mol. The second-order valence-electron chi connectivity index (χ2n) is 7.44. The Labute approximate surface area is 167 Å². The van der Waals surface area contributed by atoms with Gasteiger partial charge in [-0.3, -0.25) is 14.5 Å². The molecule has 0 atom stereocenters. The van der Waals surface area contributed by atoms with Gasteiger partial charge in [0.15, 0.2) is 0 Å². The lowest BCUT2D eigenvalue weighted by Crippen LogP contribution is -2.42. The smallest absolute Gasteiger partial charge is 0.236 e. The average molecular weight is 385 g/mol. The van der Waals surface area contributed by atoms with Crippen LogP contribution in [-0.4, -0.2) is 77.3 Å². The second-order valence-corrected chi connectivity index (χ2v) is 7.44. The molecule has 0 spiro atoms. The molecule has 1 N–H and O–H groups in total. The summed E-state index contributed by atoms with van der Waals surface area (Å²) in [5, 5.41) is 1.20. The van der Waals surface area contributed by atoms with Gasteiger partial charge in [-0.1, -0.05) is 18.2 Å². The van der Waals surface area contributed by atoms with Gasteiger partial charge in [-0.15, -0.1) is 0 Å². The van der Waals surface area contributed by atoms with Crippen LogP contribution in [0.5, 0.6) is 0 Å². The van der Waals surface area contributed by atoms with Gasteiger partial charge in [0.25, 0.3) is 0 Å². The molecule has 1 aromatic carbocycles. The molecular formula is C22H32N4O2. The first-order chi connectivity index (χ1) is 13.6. The summed E-state index contributed by atoms with van der Waals surface area (Å²) < 4.78 is 0. The zero-order chi connectivity index (χ0) is 19.9. The fourth-order valence-electron chi connectivity index (χ4n) is 3.98. The number of amides is 2. The van der Waals surface area contributed by atoms with E-state index in [0.717, 1.165) is 51.1 Å². The van der Waals surface area contributed by atoms with Crippen molar-refractivity contribution < 1.29 is 9.59 Å². The van der Waals surface area contributed by atoms with Crippen molar-refractivity contribution in [2.24, 2.45) is 0 Å². The molecule has 28 heavy (non-hydrogen) atoms. The van der Waals surface area contributed by atoms with Crippen LogP contribution in [0.15, 0.2) is 30.5 Å². The number of H-pyrrole nitrogens is 1. The lowest BCUT2D eigenvalue weighted by molar-refractivity contribution is -0.132. The Bertz CT molecular complexity index is 797. The van der Waals surface area contributed by atoms with E-state index in [1.807, 2.05) is 42.0 Å². The summed E-state index contributed by atoms with van der Waals surface area (Å²) in [6, 6.07) is 8.21. The van der Waals surface area contributed by atoms with Crippen LogP contribution in [0, 0.1) is 0 Å². The molecule has 2 heterocycles. The number of para-hydroxylation sites is 1. The maximum atomic E-state index is 12.7. The Morgan fingerprint density at radius 2 is 1.86 bits per heavy atom. The minimum Gasteiger partial charge on any atom is -0.361 e. The number of hydrogen-bond acceptors (Lipinski definition) is 3. The Morgan fingerprint density at radius 3 is 2.64 bits per heavy atom. The van der Waals surface area contributed by atoms with E-state index in [1.165, 1.54) is 10.9 Å². The zero-order valence-electron chi connectivity index (χ0n) is 17.1. The molecule has 6 heteroatoms. The molecule has 0 radical (unpaired) electrons. The summed E-state index contributed by atoms with van der Waals surface area (Å²) in [6.07, 6.45) is 4.22. The number of fused-ring (bicyclic) bond motifs is 1. The summed E-state index contributed by atoms with van der Waals surface area (Å²) >= 11 is 0. The normalized spacial score (nSPS) is 15.6. The van der Waals surface area contributed by atoms with E-state index >= 15 is 0 Å². The molecule has 0 unspecified atom stereocenters. The molecule has 1 aliphatic heterocycles. The third kappa shape index (κ3) is 4.93. The van der Waals surface area contributed by atoms with Crippen LogP contribution in [0.25, 0.3) is 10.9 Å². The Kier molecular flexibility index (Phi) is 7.09. The zero-order valence-corrected chi connectivity index (χ0v) is 17.1. The van der Waals surface area contributed by atoms with Crippen molar-refractivity contribution in [2.45, 2.75) is 33.1 Å². The van der Waals surface area contributed by atoms with Crippen LogP contribution in [0.3, 0.4) is 0 Å². The van der Waals surface area contributed by atoms with Gasteiger partial charge in [0.05, 0.1) is 6.54 Å². The van der Waals surface area contributed by atoms with Crippen molar-refractivity contribution in [3.05, 3.63) is 36.0 Å². The maximum Gasteiger partial charge on any atom is 0.236 e. The van der Waals surface area contributed by atoms with Crippen LogP contribution in [0.1, 0.15) is 32.3 Å². The molecule has 2 amide bonds. The fourth-order valence-corrected chi connectivity index (χ4v) is 3.98. The van der Waals surface area contributed by atoms with Crippen LogP contribution < -0.4 is 0 Å². The summed E-state index contributed by atoms with van der Waals surface area (Å²) in [5.41, 5.74) is 2.32. The third-order valence-corrected chi connectivity index (χ3v) is 5.70. The van der Waals surface area contributed by atoms with E-state index in [2.05, 4.69) is 22.0 Å². The van der Waals surface area contributed by atoms with Crippen molar-refractivity contribution in [3.8, 4) is 0 Å². The lowest BCUT2D eigenvalue weighted by Gasteiger charge is -2.25. The number of aryl methyl sites for hydroxylation is 1. The SMILES string of the molecule is CCN(CC)C(=O)CN1CCCN(C(=O)CCc2c[nH]c3ccccc23)CC1. The first kappa shape index (κ1) is 20.4. The number of nitrogens with one attached hydrogen (secondary N) is 1. The molecule has 1 aliphatic rings. The van der Waals surface area contributed by atoms with Crippen molar-refractivity contribution in [1.82, 2.24) is 19.7 Å². The lowest BCUT2D eigenvalue weighted by atomic mass is 10.1. The molecule has 3 rings (SSSR count). The molecule has 0 aliphatic carbocycles. The number of nitrogens with zero attached hydrogens (tertiary/aromatic N) is 3. The summed E-state index contributed by atoms with van der Waals surface area (Å²) in [4.78, 5) is 34.4. The van der Waals surface area contributed by atoms with E-state index in [1.54, 1.807) is 0 Å². The van der Waals surface area contributed by atoms with Crippen LogP contribution in [0.2, 0.25) is 0 Å².